The van der Waals surface area contributed by atoms with E-state index in [4.69, 9.17) is 10.2 Å². The van der Waals surface area contributed by atoms with E-state index in [2.05, 4.69) is 10.2 Å². The van der Waals surface area contributed by atoms with Gasteiger partial charge in [-0.1, -0.05) is 0 Å². The fourth-order valence-corrected chi connectivity index (χ4v) is 1.07. The number of hydrogen-bond donors (Lipinski definition) is 3. The maximum atomic E-state index is 10.8. The lowest BCUT2D eigenvalue weighted by molar-refractivity contribution is 0.0991. The second kappa shape index (κ2) is 4.61. The Morgan fingerprint density at radius 1 is 1.79 bits per heavy atom. The Bertz CT molecular complexity index is 286. The van der Waals surface area contributed by atoms with E-state index in [0.29, 0.717) is 5.69 Å². The largest absolute Gasteiger partial charge is 0.465 e. The monoisotopic (exact) mass is 199 g/mol. The molecular weight excluding hydrogens is 186 g/mol. The fourth-order valence-electron chi connectivity index (χ4n) is 1.07. The lowest BCUT2D eigenvalue weighted by Gasteiger charge is -2.23. The molecule has 6 heteroatoms. The van der Waals surface area contributed by atoms with Gasteiger partial charge in [-0.3, -0.25) is 10.00 Å². The summed E-state index contributed by atoms with van der Waals surface area (Å²) in [4.78, 5) is 12.0. The fraction of sp³-hybridized carbons (Fsp3) is 0.500. The summed E-state index contributed by atoms with van der Waals surface area (Å²) >= 11 is 0. The summed E-state index contributed by atoms with van der Waals surface area (Å²) in [7, 11) is 0. The van der Waals surface area contributed by atoms with Crippen molar-refractivity contribution in [2.24, 2.45) is 0 Å². The van der Waals surface area contributed by atoms with E-state index in [1.807, 2.05) is 0 Å². The number of amides is 1. The highest BCUT2D eigenvalue weighted by molar-refractivity contribution is 5.65. The number of nitrogens with zero attached hydrogens (tertiary/aromatic N) is 2. The van der Waals surface area contributed by atoms with Gasteiger partial charge in [0.05, 0.1) is 24.9 Å². The lowest BCUT2D eigenvalue weighted by Crippen LogP contribution is -2.39. The third-order valence-corrected chi connectivity index (χ3v) is 1.94. The second-order valence-electron chi connectivity index (χ2n) is 3.02. The first-order valence-electron chi connectivity index (χ1n) is 4.23. The molecule has 0 aromatic carbocycles. The van der Waals surface area contributed by atoms with Gasteiger partial charge in [0.15, 0.2) is 0 Å². The van der Waals surface area contributed by atoms with E-state index in [-0.39, 0.29) is 13.2 Å². The van der Waals surface area contributed by atoms with Crippen LogP contribution in [0.5, 0.6) is 0 Å². The van der Waals surface area contributed by atoms with Crippen LogP contribution >= 0.6 is 0 Å². The summed E-state index contributed by atoms with van der Waals surface area (Å²) in [5.41, 5.74) is 0.702. The predicted octanol–water partition coefficient (Wildman–Crippen LogP) is 0.271. The highest BCUT2D eigenvalue weighted by Crippen LogP contribution is 2.05. The molecule has 0 spiro atoms. The number of aliphatic hydroxyl groups excluding tert-OH is 1. The molecular formula is C8H13N3O3. The number of hydrogen-bond acceptors (Lipinski definition) is 3. The van der Waals surface area contributed by atoms with E-state index in [1.165, 1.54) is 0 Å². The molecule has 1 unspecified atom stereocenters. The van der Waals surface area contributed by atoms with Crippen molar-refractivity contribution in [3.63, 3.8) is 0 Å². The van der Waals surface area contributed by atoms with Crippen LogP contribution in [-0.2, 0) is 6.54 Å². The maximum absolute atomic E-state index is 10.8. The third-order valence-electron chi connectivity index (χ3n) is 1.94. The summed E-state index contributed by atoms with van der Waals surface area (Å²) in [6.07, 6.45) is 0.500. The summed E-state index contributed by atoms with van der Waals surface area (Å²) in [5.74, 6) is 0. The molecule has 0 bridgehead atoms. The average molecular weight is 199 g/mol. The molecule has 1 atom stereocenters. The smallest absolute Gasteiger partial charge is 0.407 e. The van der Waals surface area contributed by atoms with Crippen molar-refractivity contribution in [2.45, 2.75) is 19.5 Å². The van der Waals surface area contributed by atoms with Gasteiger partial charge in [-0.25, -0.2) is 4.79 Å². The summed E-state index contributed by atoms with van der Waals surface area (Å²) in [6, 6.07) is 1.27. The summed E-state index contributed by atoms with van der Waals surface area (Å²) < 4.78 is 0. The molecule has 3 N–H and O–H groups in total. The SMILES string of the molecule is CC(CO)N(Cc1ccn[nH]1)C(=O)O. The van der Waals surface area contributed by atoms with Crippen LogP contribution in [0.2, 0.25) is 0 Å². The molecule has 1 aromatic rings. The highest BCUT2D eigenvalue weighted by atomic mass is 16.4. The second-order valence-corrected chi connectivity index (χ2v) is 3.02. The van der Waals surface area contributed by atoms with Crippen molar-refractivity contribution >= 4 is 6.09 Å². The predicted molar refractivity (Wildman–Crippen MR) is 48.7 cm³/mol. The first-order chi connectivity index (χ1) is 6.65. The number of nitrogens with one attached hydrogen (secondary N) is 1. The Hall–Kier alpha value is -1.56. The van der Waals surface area contributed by atoms with E-state index in [9.17, 15) is 4.79 Å². The minimum absolute atomic E-state index is 0.194. The van der Waals surface area contributed by atoms with Crippen LogP contribution in [0, 0.1) is 0 Å². The van der Waals surface area contributed by atoms with Gasteiger partial charge in [0.25, 0.3) is 0 Å². The Labute approximate surface area is 81.2 Å². The molecule has 0 saturated heterocycles. The Morgan fingerprint density at radius 3 is 2.93 bits per heavy atom. The van der Waals surface area contributed by atoms with Crippen LogP contribution in [0.25, 0.3) is 0 Å². The van der Waals surface area contributed by atoms with Gasteiger partial charge in [0, 0.05) is 6.20 Å². The lowest BCUT2D eigenvalue weighted by atomic mass is 10.3. The minimum atomic E-state index is -1.05. The zero-order chi connectivity index (χ0) is 10.6. The Balaban J connectivity index is 2.65. The molecule has 1 heterocycles. The number of aromatic amines is 1. The van der Waals surface area contributed by atoms with Gasteiger partial charge >= 0.3 is 6.09 Å². The molecule has 0 fully saturated rings. The van der Waals surface area contributed by atoms with Gasteiger partial charge in [-0.05, 0) is 13.0 Å². The van der Waals surface area contributed by atoms with Gasteiger partial charge in [-0.15, -0.1) is 0 Å². The molecule has 0 aliphatic carbocycles. The zero-order valence-corrected chi connectivity index (χ0v) is 7.84. The van der Waals surface area contributed by atoms with Crippen molar-refractivity contribution in [3.8, 4) is 0 Å². The molecule has 0 aliphatic rings. The number of carbonyl (C=O) groups is 1. The van der Waals surface area contributed by atoms with Crippen molar-refractivity contribution in [1.29, 1.82) is 0 Å². The number of rotatable bonds is 4. The van der Waals surface area contributed by atoms with Gasteiger partial charge < -0.3 is 10.2 Å². The van der Waals surface area contributed by atoms with E-state index < -0.39 is 12.1 Å². The molecule has 0 saturated carbocycles. The minimum Gasteiger partial charge on any atom is -0.465 e. The van der Waals surface area contributed by atoms with Crippen LogP contribution in [0.1, 0.15) is 12.6 Å². The first-order valence-corrected chi connectivity index (χ1v) is 4.23. The van der Waals surface area contributed by atoms with Crippen molar-refractivity contribution < 1.29 is 15.0 Å². The molecule has 6 nitrogen and oxygen atoms in total. The van der Waals surface area contributed by atoms with Crippen LogP contribution in [0.15, 0.2) is 12.3 Å². The van der Waals surface area contributed by atoms with Crippen LogP contribution in [-0.4, -0.2) is 44.1 Å². The summed E-state index contributed by atoms with van der Waals surface area (Å²) in [6.45, 7) is 1.65. The van der Waals surface area contributed by atoms with Crippen molar-refractivity contribution in [2.75, 3.05) is 6.61 Å². The zero-order valence-electron chi connectivity index (χ0n) is 7.84. The van der Waals surface area contributed by atoms with Crippen molar-refractivity contribution in [1.82, 2.24) is 15.1 Å². The molecule has 0 radical (unpaired) electrons. The molecule has 1 amide bonds. The van der Waals surface area contributed by atoms with Crippen LogP contribution in [0.3, 0.4) is 0 Å². The Morgan fingerprint density at radius 2 is 2.50 bits per heavy atom. The third kappa shape index (κ3) is 2.46. The normalized spacial score (nSPS) is 12.4. The molecule has 78 valence electrons. The quantitative estimate of drug-likeness (QED) is 0.649. The number of carboxylic acid groups (broad SMARTS) is 1. The van der Waals surface area contributed by atoms with Crippen LogP contribution in [0.4, 0.5) is 4.79 Å². The number of H-pyrrole nitrogens is 1. The summed E-state index contributed by atoms with van der Waals surface area (Å²) in [5, 5.41) is 24.1. The van der Waals surface area contributed by atoms with Crippen molar-refractivity contribution in [3.05, 3.63) is 18.0 Å². The molecule has 0 aliphatic heterocycles. The topological polar surface area (TPSA) is 89.5 Å². The first kappa shape index (κ1) is 10.5. The highest BCUT2D eigenvalue weighted by Gasteiger charge is 2.18. The number of aromatic nitrogens is 2. The van der Waals surface area contributed by atoms with Gasteiger partial charge in [0.2, 0.25) is 0 Å². The van der Waals surface area contributed by atoms with E-state index in [0.717, 1.165) is 4.90 Å². The molecule has 14 heavy (non-hydrogen) atoms. The Kier molecular flexibility index (Phi) is 3.47. The van der Waals surface area contributed by atoms with E-state index >= 15 is 0 Å². The molecule has 1 rings (SSSR count). The standard InChI is InChI=1S/C8H13N3O3/c1-6(5-12)11(8(13)14)4-7-2-3-9-10-7/h2-3,6,12H,4-5H2,1H3,(H,9,10)(H,13,14). The maximum Gasteiger partial charge on any atom is 0.407 e. The average Bonchev–Trinajstić information content (AvgIpc) is 2.65. The van der Waals surface area contributed by atoms with Gasteiger partial charge in [-0.2, -0.15) is 5.10 Å². The van der Waals surface area contributed by atoms with E-state index in [1.54, 1.807) is 19.2 Å². The molecule has 1 aromatic heterocycles. The number of aliphatic hydroxyl groups is 1. The van der Waals surface area contributed by atoms with Gasteiger partial charge in [0.1, 0.15) is 0 Å². The van der Waals surface area contributed by atoms with Crippen LogP contribution < -0.4 is 0 Å².